The minimum Gasteiger partial charge on any atom is -0.240 e. The van der Waals surface area contributed by atoms with Crippen LogP contribution in [0.1, 0.15) is 6.92 Å². The summed E-state index contributed by atoms with van der Waals surface area (Å²) in [4.78, 5) is 0. The highest BCUT2D eigenvalue weighted by atomic mass is 32.3. The molecule has 0 saturated carbocycles. The van der Waals surface area contributed by atoms with E-state index in [1.807, 2.05) is 0 Å². The summed E-state index contributed by atoms with van der Waals surface area (Å²) in [5.41, 5.74) is 0. The van der Waals surface area contributed by atoms with E-state index in [1.165, 1.54) is 6.92 Å². The first kappa shape index (κ1) is 8.03. The topological polar surface area (TPSA) is 60.4 Å². The minimum atomic E-state index is -3.57. The molecular weight excluding hydrogens is 176 g/mol. The van der Waals surface area contributed by atoms with E-state index < -0.39 is 25.2 Å². The lowest BCUT2D eigenvalue weighted by Gasteiger charge is -1.92. The Morgan fingerprint density at radius 1 is 1.50 bits per heavy atom. The van der Waals surface area contributed by atoms with Gasteiger partial charge in [-0.3, -0.25) is 0 Å². The smallest absolute Gasteiger partial charge is 0.240 e. The lowest BCUT2D eigenvalue weighted by atomic mass is 10.6. The molecule has 0 N–H and O–H groups in total. The summed E-state index contributed by atoms with van der Waals surface area (Å²) in [5.74, 6) is 3.15. The molecule has 0 bridgehead atoms. The van der Waals surface area contributed by atoms with E-state index >= 15 is 0 Å². The standard InChI is InChI=1S/C4H8O4S2/c1-4-3-9(2,5)8-10(4,6)7/h4H,2-3H2,1H3. The second kappa shape index (κ2) is 1.96. The SMILES string of the molecule is C=S1(=O)CC(C)S(=O)(=O)O1. The fraction of sp³-hybridized carbons (Fsp3) is 0.750. The summed E-state index contributed by atoms with van der Waals surface area (Å²) in [6.45, 7) is 1.45. The summed E-state index contributed by atoms with van der Waals surface area (Å²) < 4.78 is 36.6. The van der Waals surface area contributed by atoms with Crippen molar-refractivity contribution in [2.24, 2.45) is 0 Å². The summed E-state index contributed by atoms with van der Waals surface area (Å²) in [7, 11) is -6.36. The molecule has 0 aliphatic carbocycles. The number of hydrogen-bond donors (Lipinski definition) is 0. The van der Waals surface area contributed by atoms with E-state index in [9.17, 15) is 12.6 Å². The van der Waals surface area contributed by atoms with Crippen LogP contribution < -0.4 is 0 Å². The normalized spacial score (nSPS) is 45.5. The van der Waals surface area contributed by atoms with Crippen LogP contribution in [0.3, 0.4) is 0 Å². The molecule has 1 fully saturated rings. The zero-order chi connectivity index (χ0) is 7.99. The summed E-state index contributed by atoms with van der Waals surface area (Å²) in [6.07, 6.45) is 0. The second-order valence-electron chi connectivity index (χ2n) is 2.28. The van der Waals surface area contributed by atoms with Crippen LogP contribution in [0.15, 0.2) is 0 Å². The molecule has 0 aromatic carbocycles. The van der Waals surface area contributed by atoms with E-state index in [1.54, 1.807) is 0 Å². The molecule has 2 unspecified atom stereocenters. The van der Waals surface area contributed by atoms with E-state index in [-0.39, 0.29) is 5.75 Å². The van der Waals surface area contributed by atoms with Crippen molar-refractivity contribution in [3.05, 3.63) is 0 Å². The van der Waals surface area contributed by atoms with Crippen molar-refractivity contribution in [2.45, 2.75) is 12.2 Å². The number of hydrogen-bond acceptors (Lipinski definition) is 4. The molecule has 2 atom stereocenters. The van der Waals surface area contributed by atoms with Crippen molar-refractivity contribution < 1.29 is 16.3 Å². The Kier molecular flexibility index (Phi) is 1.57. The third-order valence-electron chi connectivity index (χ3n) is 1.20. The fourth-order valence-corrected chi connectivity index (χ4v) is 4.85. The van der Waals surface area contributed by atoms with Crippen LogP contribution in [0.4, 0.5) is 0 Å². The summed E-state index contributed by atoms with van der Waals surface area (Å²) in [5, 5.41) is -0.683. The Balaban J connectivity index is 3.16. The van der Waals surface area contributed by atoms with Crippen molar-refractivity contribution in [1.29, 1.82) is 0 Å². The average molecular weight is 184 g/mol. The van der Waals surface area contributed by atoms with Crippen molar-refractivity contribution in [3.8, 4) is 0 Å². The minimum absolute atomic E-state index is 0.00926. The van der Waals surface area contributed by atoms with E-state index in [0.717, 1.165) is 0 Å². The van der Waals surface area contributed by atoms with Gasteiger partial charge in [0.1, 0.15) is 0 Å². The molecule has 0 aromatic heterocycles. The third-order valence-corrected chi connectivity index (χ3v) is 5.32. The van der Waals surface area contributed by atoms with Gasteiger partial charge in [-0.15, -0.1) is 0 Å². The molecule has 4 nitrogen and oxygen atoms in total. The molecule has 60 valence electrons. The average Bonchev–Trinajstić information content (AvgIpc) is 1.73. The molecule has 0 amide bonds. The van der Waals surface area contributed by atoms with Gasteiger partial charge in [0.2, 0.25) is 0 Å². The van der Waals surface area contributed by atoms with Gasteiger partial charge in [-0.25, -0.2) is 4.21 Å². The predicted molar refractivity (Wildman–Crippen MR) is 39.6 cm³/mol. The maximum absolute atomic E-state index is 10.9. The lowest BCUT2D eigenvalue weighted by molar-refractivity contribution is 0.506. The molecule has 0 radical (unpaired) electrons. The Morgan fingerprint density at radius 3 is 2.10 bits per heavy atom. The van der Waals surface area contributed by atoms with Gasteiger partial charge in [-0.1, -0.05) is 0 Å². The first-order valence-electron chi connectivity index (χ1n) is 2.63. The molecule has 1 saturated heterocycles. The van der Waals surface area contributed by atoms with Crippen LogP contribution in [0, 0.1) is 0 Å². The maximum atomic E-state index is 10.9. The molecule has 1 heterocycles. The largest absolute Gasteiger partial charge is 0.283 e. The Bertz CT molecular complexity index is 322. The van der Waals surface area contributed by atoms with Crippen molar-refractivity contribution in [3.63, 3.8) is 0 Å². The Labute approximate surface area is 60.5 Å². The van der Waals surface area contributed by atoms with Gasteiger partial charge in [0, 0.05) is 0 Å². The van der Waals surface area contributed by atoms with Gasteiger partial charge < -0.3 is 0 Å². The highest BCUT2D eigenvalue weighted by Crippen LogP contribution is 2.19. The van der Waals surface area contributed by atoms with Gasteiger partial charge in [-0.2, -0.15) is 12.0 Å². The van der Waals surface area contributed by atoms with Crippen LogP contribution in [0.5, 0.6) is 0 Å². The fourth-order valence-electron chi connectivity index (χ4n) is 0.709. The van der Waals surface area contributed by atoms with E-state index in [2.05, 4.69) is 9.50 Å². The first-order valence-corrected chi connectivity index (χ1v) is 5.92. The monoisotopic (exact) mass is 184 g/mol. The maximum Gasteiger partial charge on any atom is 0.283 e. The predicted octanol–water partition coefficient (Wildman–Crippen LogP) is -0.634. The third kappa shape index (κ3) is 1.33. The van der Waals surface area contributed by atoms with Gasteiger partial charge >= 0.3 is 0 Å². The van der Waals surface area contributed by atoms with Gasteiger partial charge in [0.25, 0.3) is 10.1 Å². The highest BCUT2D eigenvalue weighted by Gasteiger charge is 2.36. The zero-order valence-electron chi connectivity index (χ0n) is 5.44. The molecule has 10 heavy (non-hydrogen) atoms. The quantitative estimate of drug-likeness (QED) is 0.470. The molecule has 1 rings (SSSR count). The van der Waals surface area contributed by atoms with Crippen molar-refractivity contribution >= 4 is 25.8 Å². The molecular formula is C4H8O4S2. The van der Waals surface area contributed by atoms with Crippen LogP contribution in [-0.2, 0) is 23.6 Å². The molecule has 1 aliphatic heterocycles. The molecule has 1 aliphatic rings. The van der Waals surface area contributed by atoms with Crippen molar-refractivity contribution in [2.75, 3.05) is 5.75 Å². The summed E-state index contributed by atoms with van der Waals surface area (Å²) in [6, 6.07) is 0. The lowest BCUT2D eigenvalue weighted by Crippen LogP contribution is -2.12. The van der Waals surface area contributed by atoms with E-state index in [0.29, 0.717) is 0 Å². The molecule has 0 aromatic rings. The van der Waals surface area contributed by atoms with Crippen LogP contribution >= 0.6 is 0 Å². The van der Waals surface area contributed by atoms with E-state index in [4.69, 9.17) is 0 Å². The van der Waals surface area contributed by atoms with Gasteiger partial charge in [0.15, 0.2) is 0 Å². The summed E-state index contributed by atoms with van der Waals surface area (Å²) >= 11 is 0. The first-order chi connectivity index (χ1) is 4.33. The second-order valence-corrected chi connectivity index (χ2v) is 6.44. The number of rotatable bonds is 0. The van der Waals surface area contributed by atoms with Crippen molar-refractivity contribution in [1.82, 2.24) is 0 Å². The van der Waals surface area contributed by atoms with Gasteiger partial charge in [-0.05, 0) is 12.8 Å². The van der Waals surface area contributed by atoms with Crippen LogP contribution in [-0.4, -0.2) is 29.5 Å². The Hall–Kier alpha value is -0.0700. The highest BCUT2D eigenvalue weighted by molar-refractivity contribution is 8.08. The van der Waals surface area contributed by atoms with Crippen LogP contribution in [0.2, 0.25) is 0 Å². The zero-order valence-corrected chi connectivity index (χ0v) is 7.07. The molecule has 0 spiro atoms. The van der Waals surface area contributed by atoms with Crippen LogP contribution in [0.25, 0.3) is 0 Å². The Morgan fingerprint density at radius 2 is 2.00 bits per heavy atom. The van der Waals surface area contributed by atoms with Gasteiger partial charge in [0.05, 0.1) is 20.8 Å². The molecule has 6 heteroatoms.